The Kier molecular flexibility index (Phi) is 5.91. The van der Waals surface area contributed by atoms with Gasteiger partial charge < -0.3 is 23.5 Å². The molecule has 0 bridgehead atoms. The highest BCUT2D eigenvalue weighted by Gasteiger charge is 2.43. The zero-order valence-corrected chi connectivity index (χ0v) is 18.4. The van der Waals surface area contributed by atoms with Crippen LogP contribution >= 0.6 is 0 Å². The second-order valence-corrected chi connectivity index (χ2v) is 8.08. The maximum atomic E-state index is 12.9. The third-order valence-corrected chi connectivity index (χ3v) is 5.98. The molecule has 5 rings (SSSR count). The molecule has 10 heteroatoms. The van der Waals surface area contributed by atoms with Gasteiger partial charge in [0.25, 0.3) is 0 Å². The summed E-state index contributed by atoms with van der Waals surface area (Å²) >= 11 is 0. The van der Waals surface area contributed by atoms with Crippen LogP contribution in [0.2, 0.25) is 0 Å². The summed E-state index contributed by atoms with van der Waals surface area (Å²) in [5.74, 6) is 0.376. The number of amides is 1. The zero-order chi connectivity index (χ0) is 22.8. The summed E-state index contributed by atoms with van der Waals surface area (Å²) in [5.41, 5.74) is 1.16. The second-order valence-electron chi connectivity index (χ2n) is 8.08. The lowest BCUT2D eigenvalue weighted by atomic mass is 9.95. The number of benzene rings is 1. The van der Waals surface area contributed by atoms with E-state index in [1.54, 1.807) is 19.1 Å². The van der Waals surface area contributed by atoms with Crippen molar-refractivity contribution in [2.24, 2.45) is 10.9 Å². The largest absolute Gasteiger partial charge is 0.467 e. The molecule has 1 amide bonds. The third kappa shape index (κ3) is 4.38. The maximum Gasteiger partial charge on any atom is 0.321 e. The van der Waals surface area contributed by atoms with Crippen molar-refractivity contribution in [1.29, 1.82) is 0 Å². The summed E-state index contributed by atoms with van der Waals surface area (Å²) in [7, 11) is 0. The fourth-order valence-corrected chi connectivity index (χ4v) is 4.30. The number of carbonyl (C=O) groups excluding carboxylic acids is 2. The molecule has 3 aliphatic heterocycles. The average molecular weight is 454 g/mol. The van der Waals surface area contributed by atoms with Crippen molar-refractivity contribution >= 4 is 17.8 Å². The first kappa shape index (κ1) is 21.3. The number of hydrogen-bond donors (Lipinski definition) is 1. The standard InChI is InChI=1S/C23H26N4O6/c1-2-30-22(29)19-20(17-4-3-11-31-17)24-23(25-21(19)28)27-9-7-26(8-10-27)13-15-5-6-16-18(12-15)33-14-32-16/h3-6,11-12,19-20H,2,7-10,13-14H2,1H3,(H,24,25,28). The van der Waals surface area contributed by atoms with E-state index in [0.717, 1.165) is 36.7 Å². The van der Waals surface area contributed by atoms with E-state index in [0.29, 0.717) is 24.8 Å². The fourth-order valence-electron chi connectivity index (χ4n) is 4.30. The van der Waals surface area contributed by atoms with Crippen molar-refractivity contribution in [2.45, 2.75) is 19.5 Å². The lowest BCUT2D eigenvalue weighted by Crippen LogP contribution is -2.57. The van der Waals surface area contributed by atoms with Gasteiger partial charge in [-0.15, -0.1) is 0 Å². The van der Waals surface area contributed by atoms with E-state index in [2.05, 4.69) is 16.3 Å². The van der Waals surface area contributed by atoms with Crippen LogP contribution in [0, 0.1) is 5.92 Å². The van der Waals surface area contributed by atoms with Crippen LogP contribution in [0.15, 0.2) is 46.0 Å². The summed E-state index contributed by atoms with van der Waals surface area (Å²) in [6.07, 6.45) is 1.51. The van der Waals surface area contributed by atoms with Crippen LogP contribution < -0.4 is 14.8 Å². The minimum absolute atomic E-state index is 0.190. The number of ether oxygens (including phenoxy) is 3. The van der Waals surface area contributed by atoms with Crippen molar-refractivity contribution in [3.05, 3.63) is 47.9 Å². The number of nitrogens with one attached hydrogen (secondary N) is 1. The topological polar surface area (TPSA) is 106 Å². The first-order chi connectivity index (χ1) is 16.1. The van der Waals surface area contributed by atoms with Gasteiger partial charge in [0.05, 0.1) is 12.9 Å². The number of guanidine groups is 1. The summed E-state index contributed by atoms with van der Waals surface area (Å²) < 4.78 is 21.5. The Morgan fingerprint density at radius 2 is 2.00 bits per heavy atom. The number of aliphatic imine (C=N–C) groups is 1. The predicted octanol–water partition coefficient (Wildman–Crippen LogP) is 1.53. The van der Waals surface area contributed by atoms with E-state index in [-0.39, 0.29) is 13.4 Å². The zero-order valence-electron chi connectivity index (χ0n) is 18.4. The first-order valence-corrected chi connectivity index (χ1v) is 11.1. The lowest BCUT2D eigenvalue weighted by Gasteiger charge is -2.38. The molecule has 1 aromatic carbocycles. The lowest BCUT2D eigenvalue weighted by molar-refractivity contribution is -0.153. The van der Waals surface area contributed by atoms with Gasteiger partial charge >= 0.3 is 5.97 Å². The van der Waals surface area contributed by atoms with Crippen LogP contribution in [-0.2, 0) is 20.9 Å². The molecule has 33 heavy (non-hydrogen) atoms. The van der Waals surface area contributed by atoms with E-state index in [1.165, 1.54) is 6.26 Å². The van der Waals surface area contributed by atoms with Crippen molar-refractivity contribution in [2.75, 3.05) is 39.6 Å². The Labute approximate surface area is 191 Å². The number of rotatable bonds is 5. The summed E-state index contributed by atoms with van der Waals surface area (Å²) in [4.78, 5) is 34.4. The Hall–Kier alpha value is -3.53. The van der Waals surface area contributed by atoms with Crippen LogP contribution in [0.1, 0.15) is 24.3 Å². The minimum Gasteiger partial charge on any atom is -0.467 e. The second kappa shape index (κ2) is 9.14. The van der Waals surface area contributed by atoms with Gasteiger partial charge in [-0.25, -0.2) is 4.99 Å². The summed E-state index contributed by atoms with van der Waals surface area (Å²) in [5, 5.41) is 2.81. The van der Waals surface area contributed by atoms with Gasteiger partial charge in [-0.2, -0.15) is 0 Å². The van der Waals surface area contributed by atoms with E-state index in [1.807, 2.05) is 17.0 Å². The molecular formula is C23H26N4O6. The molecule has 2 aromatic rings. The Morgan fingerprint density at radius 3 is 2.76 bits per heavy atom. The van der Waals surface area contributed by atoms with Gasteiger partial charge in [0.15, 0.2) is 17.4 Å². The van der Waals surface area contributed by atoms with Gasteiger partial charge in [-0.1, -0.05) is 6.07 Å². The van der Waals surface area contributed by atoms with Gasteiger partial charge in [0, 0.05) is 32.7 Å². The highest BCUT2D eigenvalue weighted by atomic mass is 16.7. The van der Waals surface area contributed by atoms with Crippen molar-refractivity contribution in [3.63, 3.8) is 0 Å². The molecule has 1 aromatic heterocycles. The van der Waals surface area contributed by atoms with Crippen molar-refractivity contribution in [3.8, 4) is 11.5 Å². The smallest absolute Gasteiger partial charge is 0.321 e. The minimum atomic E-state index is -1.08. The summed E-state index contributed by atoms with van der Waals surface area (Å²) in [6, 6.07) is 8.69. The molecule has 2 atom stereocenters. The molecule has 174 valence electrons. The van der Waals surface area contributed by atoms with Crippen LogP contribution in [0.25, 0.3) is 0 Å². The number of fused-ring (bicyclic) bond motifs is 1. The normalized spacial score (nSPS) is 22.6. The number of furan rings is 1. The van der Waals surface area contributed by atoms with E-state index in [9.17, 15) is 9.59 Å². The van der Waals surface area contributed by atoms with Gasteiger partial charge in [0.2, 0.25) is 18.7 Å². The number of esters is 1. The maximum absolute atomic E-state index is 12.9. The highest BCUT2D eigenvalue weighted by Crippen LogP contribution is 2.33. The van der Waals surface area contributed by atoms with Crippen molar-refractivity contribution in [1.82, 2.24) is 15.1 Å². The average Bonchev–Trinajstić information content (AvgIpc) is 3.51. The van der Waals surface area contributed by atoms with E-state index < -0.39 is 23.8 Å². The molecule has 1 N–H and O–H groups in total. The fraction of sp³-hybridized carbons (Fsp3) is 0.435. The number of nitrogens with zero attached hydrogens (tertiary/aromatic N) is 3. The Balaban J connectivity index is 1.26. The Morgan fingerprint density at radius 1 is 1.18 bits per heavy atom. The first-order valence-electron chi connectivity index (χ1n) is 11.1. The number of carbonyl (C=O) groups is 2. The van der Waals surface area contributed by atoms with E-state index in [4.69, 9.17) is 23.6 Å². The number of piperazine rings is 1. The molecule has 0 saturated carbocycles. The molecule has 2 unspecified atom stereocenters. The molecule has 1 fully saturated rings. The molecule has 0 spiro atoms. The van der Waals surface area contributed by atoms with E-state index >= 15 is 0 Å². The van der Waals surface area contributed by atoms with Crippen LogP contribution in [0.5, 0.6) is 11.5 Å². The van der Waals surface area contributed by atoms with Crippen LogP contribution in [-0.4, -0.2) is 67.2 Å². The molecule has 4 heterocycles. The molecule has 0 aliphatic carbocycles. The summed E-state index contributed by atoms with van der Waals surface area (Å²) in [6.45, 7) is 5.95. The monoisotopic (exact) mass is 454 g/mol. The third-order valence-electron chi connectivity index (χ3n) is 5.98. The van der Waals surface area contributed by atoms with Crippen molar-refractivity contribution < 1.29 is 28.2 Å². The quantitative estimate of drug-likeness (QED) is 0.536. The van der Waals surface area contributed by atoms with Gasteiger partial charge in [-0.3, -0.25) is 19.8 Å². The molecule has 0 radical (unpaired) electrons. The molecular weight excluding hydrogens is 428 g/mol. The molecule has 3 aliphatic rings. The van der Waals surface area contributed by atoms with Crippen LogP contribution in [0.4, 0.5) is 0 Å². The van der Waals surface area contributed by atoms with Gasteiger partial charge in [0.1, 0.15) is 11.8 Å². The SMILES string of the molecule is CCOC(=O)C1C(=O)NC(N2CCN(Cc3ccc4c(c3)OCO4)CC2)=NC1c1ccco1. The molecule has 10 nitrogen and oxygen atoms in total. The van der Waals surface area contributed by atoms with Gasteiger partial charge in [-0.05, 0) is 36.8 Å². The predicted molar refractivity (Wildman–Crippen MR) is 117 cm³/mol. The highest BCUT2D eigenvalue weighted by molar-refractivity contribution is 6.08. The number of hydrogen-bond acceptors (Lipinski definition) is 9. The molecule has 1 saturated heterocycles. The Bertz CT molecular complexity index is 1050. The van der Waals surface area contributed by atoms with Crippen LogP contribution in [0.3, 0.4) is 0 Å².